The topological polar surface area (TPSA) is 70.4 Å². The van der Waals surface area contributed by atoms with Crippen molar-refractivity contribution in [3.63, 3.8) is 0 Å². The zero-order valence-electron chi connectivity index (χ0n) is 17.2. The molecule has 0 radical (unpaired) electrons. The van der Waals surface area contributed by atoms with Gasteiger partial charge in [-0.3, -0.25) is 4.99 Å². The number of piperidine rings is 1. The molecule has 1 aliphatic rings. The summed E-state index contributed by atoms with van der Waals surface area (Å²) < 4.78 is 39.9. The number of alkyl halides is 3. The van der Waals surface area contributed by atoms with Crippen LogP contribution in [0.3, 0.4) is 0 Å². The summed E-state index contributed by atoms with van der Waals surface area (Å²) in [6, 6.07) is 2.73. The average Bonchev–Trinajstić information content (AvgIpc) is 3.26. The normalized spacial score (nSPS) is 20.3. The van der Waals surface area contributed by atoms with Crippen molar-refractivity contribution in [3.8, 4) is 0 Å². The summed E-state index contributed by atoms with van der Waals surface area (Å²) in [4.78, 5) is 14.6. The summed E-state index contributed by atoms with van der Waals surface area (Å²) in [6.07, 6.45) is 3.99. The van der Waals surface area contributed by atoms with Crippen LogP contribution >= 0.6 is 0 Å². The van der Waals surface area contributed by atoms with Gasteiger partial charge in [0.25, 0.3) is 0 Å². The molecule has 2 aromatic rings. The number of rotatable bonds is 6. The van der Waals surface area contributed by atoms with E-state index in [0.29, 0.717) is 30.9 Å². The summed E-state index contributed by atoms with van der Waals surface area (Å²) in [5.74, 6) is 1.86. The molecule has 2 aromatic heterocycles. The molecule has 2 unspecified atom stereocenters. The van der Waals surface area contributed by atoms with Gasteiger partial charge < -0.3 is 20.1 Å². The Balaban J connectivity index is 1.42. The Morgan fingerprint density at radius 3 is 2.77 bits per heavy atom. The highest BCUT2D eigenvalue weighted by atomic mass is 19.4. The van der Waals surface area contributed by atoms with Crippen LogP contribution in [0.1, 0.15) is 31.4 Å². The van der Waals surface area contributed by atoms with Crippen molar-refractivity contribution in [2.45, 2.75) is 32.0 Å². The van der Waals surface area contributed by atoms with Gasteiger partial charge in [-0.2, -0.15) is 13.2 Å². The van der Waals surface area contributed by atoms with Crippen molar-refractivity contribution in [1.29, 1.82) is 0 Å². The second-order valence-corrected chi connectivity index (χ2v) is 7.47. The van der Waals surface area contributed by atoms with Crippen LogP contribution in [0.25, 0.3) is 0 Å². The van der Waals surface area contributed by atoms with Gasteiger partial charge in [0, 0.05) is 51.8 Å². The molecule has 0 aromatic carbocycles. The summed E-state index contributed by atoms with van der Waals surface area (Å²) in [5, 5.41) is 6.42. The molecule has 2 atom stereocenters. The van der Waals surface area contributed by atoms with Crippen LogP contribution in [0.4, 0.5) is 19.0 Å². The number of hydrogen-bond acceptors (Lipinski definition) is 4. The number of hydrogen-bond donors (Lipinski definition) is 2. The van der Waals surface area contributed by atoms with Gasteiger partial charge in [-0.15, -0.1) is 0 Å². The molecule has 164 valence electrons. The highest BCUT2D eigenvalue weighted by molar-refractivity contribution is 5.80. The Labute approximate surface area is 174 Å². The van der Waals surface area contributed by atoms with E-state index in [1.165, 1.54) is 6.07 Å². The lowest BCUT2D eigenvalue weighted by Gasteiger charge is -2.39. The summed E-state index contributed by atoms with van der Waals surface area (Å²) in [6.45, 7) is 5.36. The number of guanidine groups is 1. The minimum absolute atomic E-state index is 0.354. The van der Waals surface area contributed by atoms with Crippen LogP contribution in [0.15, 0.2) is 42.0 Å². The second kappa shape index (κ2) is 9.82. The molecular formula is C20H28F3N7. The fourth-order valence-corrected chi connectivity index (χ4v) is 3.60. The standard InChI is InChI=1S/C20H28F3N7/c1-15-6-10-29(13-17(15)30-11-9-25-14-30)19(24-2)27-8-3-7-26-18-5-4-16(12-28-18)20(21,22)23/h4-5,9,11-12,14-15,17H,3,6-8,10,13H2,1-2H3,(H,24,27)(H,26,28). The number of aromatic nitrogens is 3. The highest BCUT2D eigenvalue weighted by Crippen LogP contribution is 2.29. The van der Waals surface area contributed by atoms with Crippen LogP contribution in [-0.2, 0) is 6.18 Å². The Morgan fingerprint density at radius 2 is 2.13 bits per heavy atom. The van der Waals surface area contributed by atoms with E-state index < -0.39 is 11.7 Å². The van der Waals surface area contributed by atoms with Gasteiger partial charge in [0.2, 0.25) is 0 Å². The van der Waals surface area contributed by atoms with Crippen LogP contribution < -0.4 is 10.6 Å². The number of aliphatic imine (C=N–C) groups is 1. The molecule has 0 aliphatic carbocycles. The molecule has 0 amide bonds. The maximum atomic E-state index is 12.6. The van der Waals surface area contributed by atoms with Crippen molar-refractivity contribution < 1.29 is 13.2 Å². The summed E-state index contributed by atoms with van der Waals surface area (Å²) in [7, 11) is 1.77. The van der Waals surface area contributed by atoms with Crippen molar-refractivity contribution >= 4 is 11.8 Å². The summed E-state index contributed by atoms with van der Waals surface area (Å²) in [5.41, 5.74) is -0.747. The molecule has 1 fully saturated rings. The number of anilines is 1. The predicted octanol–water partition coefficient (Wildman–Crippen LogP) is 3.26. The lowest BCUT2D eigenvalue weighted by molar-refractivity contribution is -0.137. The van der Waals surface area contributed by atoms with Gasteiger partial charge in [-0.1, -0.05) is 6.92 Å². The minimum atomic E-state index is -4.37. The first-order chi connectivity index (χ1) is 14.4. The zero-order chi connectivity index (χ0) is 21.6. The maximum Gasteiger partial charge on any atom is 0.417 e. The quantitative estimate of drug-likeness (QED) is 0.424. The maximum absolute atomic E-state index is 12.6. The van der Waals surface area contributed by atoms with E-state index in [1.54, 1.807) is 13.2 Å². The van der Waals surface area contributed by atoms with Gasteiger partial charge in [0.15, 0.2) is 5.96 Å². The molecule has 1 saturated heterocycles. The molecule has 0 spiro atoms. The smallest absolute Gasteiger partial charge is 0.370 e. The van der Waals surface area contributed by atoms with Crippen LogP contribution in [0.2, 0.25) is 0 Å². The number of imidazole rings is 1. The van der Waals surface area contributed by atoms with Gasteiger partial charge in [0.1, 0.15) is 5.82 Å². The zero-order valence-corrected chi connectivity index (χ0v) is 17.2. The lowest BCUT2D eigenvalue weighted by Crippen LogP contribution is -2.49. The largest absolute Gasteiger partial charge is 0.417 e. The number of nitrogens with one attached hydrogen (secondary N) is 2. The van der Waals surface area contributed by atoms with E-state index in [2.05, 4.69) is 42.0 Å². The first kappa shape index (κ1) is 21.9. The first-order valence-corrected chi connectivity index (χ1v) is 10.1. The molecule has 3 rings (SSSR count). The van der Waals surface area contributed by atoms with Crippen LogP contribution in [-0.4, -0.2) is 58.6 Å². The molecule has 10 heteroatoms. The molecule has 3 heterocycles. The number of pyridine rings is 1. The monoisotopic (exact) mass is 423 g/mol. The minimum Gasteiger partial charge on any atom is -0.370 e. The molecule has 7 nitrogen and oxygen atoms in total. The third-order valence-corrected chi connectivity index (χ3v) is 5.37. The molecule has 0 bridgehead atoms. The van der Waals surface area contributed by atoms with Gasteiger partial charge >= 0.3 is 6.18 Å². The number of nitrogens with zero attached hydrogens (tertiary/aromatic N) is 5. The third kappa shape index (κ3) is 5.64. The molecule has 30 heavy (non-hydrogen) atoms. The van der Waals surface area contributed by atoms with E-state index in [1.807, 2.05) is 12.5 Å². The predicted molar refractivity (Wildman–Crippen MR) is 110 cm³/mol. The van der Waals surface area contributed by atoms with Gasteiger partial charge in [-0.05, 0) is 30.9 Å². The molecule has 1 aliphatic heterocycles. The molecular weight excluding hydrogens is 395 g/mol. The molecule has 2 N–H and O–H groups in total. The number of halogens is 3. The number of likely N-dealkylation sites (tertiary alicyclic amines) is 1. The Hall–Kier alpha value is -2.78. The first-order valence-electron chi connectivity index (χ1n) is 10.1. The van der Waals surface area contributed by atoms with Crippen LogP contribution in [0, 0.1) is 5.92 Å². The highest BCUT2D eigenvalue weighted by Gasteiger charge is 2.31. The Bertz CT molecular complexity index is 803. The van der Waals surface area contributed by atoms with E-state index in [-0.39, 0.29) is 0 Å². The molecule has 0 saturated carbocycles. The van der Waals surface area contributed by atoms with Crippen LogP contribution in [0.5, 0.6) is 0 Å². The van der Waals surface area contributed by atoms with Crippen molar-refractivity contribution in [2.75, 3.05) is 38.5 Å². The summed E-state index contributed by atoms with van der Waals surface area (Å²) >= 11 is 0. The van der Waals surface area contributed by atoms with Crippen molar-refractivity contribution in [1.82, 2.24) is 24.8 Å². The van der Waals surface area contributed by atoms with Gasteiger partial charge in [0.05, 0.1) is 17.9 Å². The Kier molecular flexibility index (Phi) is 7.17. The van der Waals surface area contributed by atoms with Crippen molar-refractivity contribution in [3.05, 3.63) is 42.6 Å². The Morgan fingerprint density at radius 1 is 1.30 bits per heavy atom. The SMILES string of the molecule is CN=C(NCCCNc1ccc(C(F)(F)F)cn1)N1CCC(C)C(n2ccnc2)C1. The van der Waals surface area contributed by atoms with Gasteiger partial charge in [-0.25, -0.2) is 9.97 Å². The van der Waals surface area contributed by atoms with E-state index in [9.17, 15) is 13.2 Å². The fourth-order valence-electron chi connectivity index (χ4n) is 3.60. The van der Waals surface area contributed by atoms with E-state index in [4.69, 9.17) is 0 Å². The van der Waals surface area contributed by atoms with Crippen molar-refractivity contribution in [2.24, 2.45) is 10.9 Å². The van der Waals surface area contributed by atoms with E-state index in [0.717, 1.165) is 44.2 Å². The lowest BCUT2D eigenvalue weighted by atomic mass is 9.93. The second-order valence-electron chi connectivity index (χ2n) is 7.47. The fraction of sp³-hybridized carbons (Fsp3) is 0.550. The average molecular weight is 423 g/mol. The van der Waals surface area contributed by atoms with E-state index >= 15 is 0 Å². The third-order valence-electron chi connectivity index (χ3n) is 5.37.